The van der Waals surface area contributed by atoms with Crippen LogP contribution in [-0.2, 0) is 36.7 Å². The summed E-state index contributed by atoms with van der Waals surface area (Å²) in [6.45, 7) is 21.7. The molecule has 1 N–H and O–H groups in total. The fourth-order valence-electron chi connectivity index (χ4n) is 5.55. The van der Waals surface area contributed by atoms with Gasteiger partial charge in [0.2, 0.25) is 0 Å². The maximum absolute atomic E-state index is 11.7. The van der Waals surface area contributed by atoms with Crippen molar-refractivity contribution in [2.24, 2.45) is 17.3 Å². The molecule has 2 aromatic carbocycles. The smallest absolute Gasteiger partial charge is 0.162 e. The first-order chi connectivity index (χ1) is 20.2. The number of rotatable bonds is 9. The Morgan fingerprint density at radius 1 is 0.955 bits per heavy atom. The van der Waals surface area contributed by atoms with Gasteiger partial charge in [0, 0.05) is 48.4 Å². The summed E-state index contributed by atoms with van der Waals surface area (Å²) in [4.78, 5) is 21.0. The van der Waals surface area contributed by atoms with Crippen molar-refractivity contribution in [3.8, 4) is 11.3 Å². The van der Waals surface area contributed by atoms with Crippen molar-refractivity contribution in [3.63, 3.8) is 0 Å². The van der Waals surface area contributed by atoms with Gasteiger partial charge in [0.05, 0.1) is 11.3 Å². The normalized spacial score (nSPS) is 12.4. The van der Waals surface area contributed by atoms with Crippen LogP contribution in [0.2, 0.25) is 0 Å². The molecule has 0 unspecified atom stereocenters. The van der Waals surface area contributed by atoms with Gasteiger partial charge in [0.25, 0.3) is 0 Å². The standard InChI is InChI=1S/C25H27N2S.C13H24O2.Ir/c1-24(2,3)13-18-14-28-23-21(26-15-27-22(18)23)17-11-16-9-7-8-10-19(16)20(12-17)25(4,5)6;1-5-10(6-2)12(14)9-13(15)11(7-3)8-4;/h7-10,12,14-15H,13H2,1-6H3;9-11,14H,5-8H2,1-4H3;/q-1;;/b;12-9-;. The van der Waals surface area contributed by atoms with E-state index < -0.39 is 0 Å². The van der Waals surface area contributed by atoms with Crippen LogP contribution in [0.5, 0.6) is 0 Å². The van der Waals surface area contributed by atoms with Crippen LogP contribution in [0.4, 0.5) is 0 Å². The molecule has 0 atom stereocenters. The summed E-state index contributed by atoms with van der Waals surface area (Å²) in [5, 5.41) is 14.4. The predicted octanol–water partition coefficient (Wildman–Crippen LogP) is 11.1. The van der Waals surface area contributed by atoms with Crippen LogP contribution in [0.1, 0.15) is 106 Å². The second-order valence-electron chi connectivity index (χ2n) is 13.8. The van der Waals surface area contributed by atoms with Crippen LogP contribution >= 0.6 is 11.3 Å². The molecule has 0 aliphatic rings. The predicted molar refractivity (Wildman–Crippen MR) is 185 cm³/mol. The van der Waals surface area contributed by atoms with Gasteiger partial charge in [-0.15, -0.1) is 40.5 Å². The zero-order valence-electron chi connectivity index (χ0n) is 28.3. The quantitative estimate of drug-likeness (QED) is 0.104. The van der Waals surface area contributed by atoms with Crippen LogP contribution in [0, 0.1) is 23.3 Å². The molecule has 0 aliphatic heterocycles. The van der Waals surface area contributed by atoms with Gasteiger partial charge in [-0.25, -0.2) is 4.98 Å². The molecule has 4 aromatic rings. The average Bonchev–Trinajstić information content (AvgIpc) is 3.35. The van der Waals surface area contributed by atoms with E-state index in [4.69, 9.17) is 0 Å². The second kappa shape index (κ2) is 16.2. The average molecular weight is 792 g/mol. The first kappa shape index (κ1) is 37.8. The summed E-state index contributed by atoms with van der Waals surface area (Å²) in [6, 6.07) is 14.4. The Bertz CT molecular complexity index is 1550. The fourth-order valence-corrected chi connectivity index (χ4v) is 6.57. The van der Waals surface area contributed by atoms with E-state index >= 15 is 0 Å². The summed E-state index contributed by atoms with van der Waals surface area (Å²) >= 11 is 1.75. The molecule has 0 saturated heterocycles. The number of ketones is 1. The maximum Gasteiger partial charge on any atom is 0.162 e. The monoisotopic (exact) mass is 792 g/mol. The largest absolute Gasteiger partial charge is 0.512 e. The molecule has 4 nitrogen and oxygen atoms in total. The number of carbonyl (C=O) groups is 1. The van der Waals surface area contributed by atoms with Crippen LogP contribution in [0.15, 0.2) is 53.9 Å². The van der Waals surface area contributed by atoms with Gasteiger partial charge in [-0.2, -0.15) is 0 Å². The molecule has 0 saturated carbocycles. The van der Waals surface area contributed by atoms with Crippen molar-refractivity contribution < 1.29 is 30.0 Å². The van der Waals surface area contributed by atoms with Gasteiger partial charge >= 0.3 is 0 Å². The van der Waals surface area contributed by atoms with Crippen LogP contribution in [-0.4, -0.2) is 20.9 Å². The molecule has 0 bridgehead atoms. The number of nitrogens with zero attached hydrogens (tertiary/aromatic N) is 2. The molecule has 2 aromatic heterocycles. The Hall–Kier alpha value is -2.40. The Labute approximate surface area is 283 Å². The number of fused-ring (bicyclic) bond motifs is 2. The van der Waals surface area contributed by atoms with Crippen molar-refractivity contribution in [1.29, 1.82) is 0 Å². The molecule has 241 valence electrons. The zero-order chi connectivity index (χ0) is 31.9. The Morgan fingerprint density at radius 2 is 1.57 bits per heavy atom. The molecular formula is C38H51IrN2O2S-. The van der Waals surface area contributed by atoms with Crippen molar-refractivity contribution in [1.82, 2.24) is 9.97 Å². The molecule has 0 spiro atoms. The van der Waals surface area contributed by atoms with Crippen molar-refractivity contribution >= 4 is 38.1 Å². The number of benzene rings is 2. The molecule has 0 fully saturated rings. The van der Waals surface area contributed by atoms with Crippen molar-refractivity contribution in [2.45, 2.75) is 107 Å². The second-order valence-corrected chi connectivity index (χ2v) is 14.7. The molecule has 2 heterocycles. The molecule has 1 radical (unpaired) electrons. The number of aromatic nitrogens is 2. The van der Waals surface area contributed by atoms with Gasteiger partial charge in [0.15, 0.2) is 5.78 Å². The summed E-state index contributed by atoms with van der Waals surface area (Å²) in [7, 11) is 0. The summed E-state index contributed by atoms with van der Waals surface area (Å²) in [5.41, 5.74) is 6.05. The number of thiophene rings is 1. The number of carbonyl (C=O) groups excluding carboxylic acids is 1. The molecule has 0 amide bonds. The third kappa shape index (κ3) is 9.55. The number of aliphatic hydroxyl groups excluding tert-OH is 1. The van der Waals surface area contributed by atoms with Crippen molar-refractivity contribution in [2.75, 3.05) is 0 Å². The van der Waals surface area contributed by atoms with E-state index in [1.807, 2.05) is 27.7 Å². The van der Waals surface area contributed by atoms with E-state index in [9.17, 15) is 9.90 Å². The maximum atomic E-state index is 11.7. The summed E-state index contributed by atoms with van der Waals surface area (Å²) < 4.78 is 1.16. The topological polar surface area (TPSA) is 63.1 Å². The van der Waals surface area contributed by atoms with Gasteiger partial charge in [-0.05, 0) is 53.9 Å². The number of hydrogen-bond donors (Lipinski definition) is 1. The third-order valence-corrected chi connectivity index (χ3v) is 9.09. The van der Waals surface area contributed by atoms with Gasteiger partial charge in [0.1, 0.15) is 6.33 Å². The van der Waals surface area contributed by atoms with E-state index in [0.29, 0.717) is 0 Å². The summed E-state index contributed by atoms with van der Waals surface area (Å²) in [5.74, 6) is 0.547. The molecule has 0 aliphatic carbocycles. The van der Waals surface area contributed by atoms with Gasteiger partial charge in [-0.1, -0.05) is 98.4 Å². The minimum atomic E-state index is 0. The van der Waals surface area contributed by atoms with Crippen LogP contribution in [0.3, 0.4) is 0 Å². The van der Waals surface area contributed by atoms with Gasteiger partial charge in [-0.3, -0.25) is 9.78 Å². The van der Waals surface area contributed by atoms with E-state index in [2.05, 4.69) is 93.3 Å². The van der Waals surface area contributed by atoms with Crippen LogP contribution < -0.4 is 0 Å². The molecule has 4 rings (SSSR count). The molecule has 6 heteroatoms. The van der Waals surface area contributed by atoms with Gasteiger partial charge < -0.3 is 5.11 Å². The third-order valence-electron chi connectivity index (χ3n) is 8.07. The number of aliphatic hydroxyl groups is 1. The minimum absolute atomic E-state index is 0. The molecular weight excluding hydrogens is 741 g/mol. The zero-order valence-corrected chi connectivity index (χ0v) is 31.5. The van der Waals surface area contributed by atoms with E-state index in [0.717, 1.165) is 59.0 Å². The fraction of sp³-hybridized carbons (Fsp3) is 0.500. The Kier molecular flexibility index (Phi) is 14.0. The van der Waals surface area contributed by atoms with Crippen LogP contribution in [0.25, 0.3) is 32.2 Å². The summed E-state index contributed by atoms with van der Waals surface area (Å²) in [6.07, 6.45) is 7.62. The van der Waals surface area contributed by atoms with E-state index in [-0.39, 0.29) is 54.3 Å². The van der Waals surface area contributed by atoms with Crippen molar-refractivity contribution in [3.05, 3.63) is 71.1 Å². The number of allylic oxidation sites excluding steroid dienone is 2. The number of hydrogen-bond acceptors (Lipinski definition) is 5. The Balaban J connectivity index is 0.000000363. The minimum Gasteiger partial charge on any atom is -0.512 e. The SMILES string of the molecule is CC(C)(C)Cc1csc2c(-c3[c-]c4ccccc4c(C(C)(C)C)c3)ncnc12.CCC(CC)C(=O)/C=C(\O)C(CC)CC.[Ir]. The van der Waals surface area contributed by atoms with E-state index in [1.165, 1.54) is 22.6 Å². The van der Waals surface area contributed by atoms with E-state index in [1.54, 1.807) is 17.7 Å². The molecule has 44 heavy (non-hydrogen) atoms. The first-order valence-corrected chi connectivity index (χ1v) is 16.7. The first-order valence-electron chi connectivity index (χ1n) is 15.8. The Morgan fingerprint density at radius 3 is 2.14 bits per heavy atom.